The smallest absolute Gasteiger partial charge is 0.406 e. The minimum absolute atomic E-state index is 0.110. The Hall–Kier alpha value is -1.27. The molecule has 0 spiro atoms. The number of benzene rings is 1. The lowest BCUT2D eigenvalue weighted by Crippen LogP contribution is -2.41. The van der Waals surface area contributed by atoms with E-state index in [0.717, 1.165) is 31.5 Å². The van der Waals surface area contributed by atoms with Crippen LogP contribution in [0.4, 0.5) is 13.2 Å². The average molecular weight is 302 g/mol. The first-order valence-electron chi connectivity index (χ1n) is 7.14. The van der Waals surface area contributed by atoms with Gasteiger partial charge in [0, 0.05) is 12.1 Å². The third-order valence-corrected chi connectivity index (χ3v) is 3.82. The molecule has 0 aliphatic carbocycles. The molecule has 0 bridgehead atoms. The van der Waals surface area contributed by atoms with Crippen molar-refractivity contribution in [3.63, 3.8) is 0 Å². The fourth-order valence-electron chi connectivity index (χ4n) is 2.58. The lowest BCUT2D eigenvalue weighted by Gasteiger charge is -2.31. The maximum absolute atomic E-state index is 12.1. The maximum Gasteiger partial charge on any atom is 0.573 e. The van der Waals surface area contributed by atoms with Crippen LogP contribution >= 0.6 is 0 Å². The topological polar surface area (TPSA) is 24.5 Å². The van der Waals surface area contributed by atoms with E-state index in [-0.39, 0.29) is 11.8 Å². The fraction of sp³-hybridized carbons (Fsp3) is 0.600. The quantitative estimate of drug-likeness (QED) is 0.923. The Balaban J connectivity index is 1.89. The molecule has 1 aromatic carbocycles. The molecule has 0 saturated carbocycles. The van der Waals surface area contributed by atoms with E-state index in [1.165, 1.54) is 12.1 Å². The Kier molecular flexibility index (Phi) is 5.11. The Bertz CT molecular complexity index is 439. The zero-order valence-electron chi connectivity index (χ0n) is 12.3. The highest BCUT2D eigenvalue weighted by atomic mass is 19.4. The van der Waals surface area contributed by atoms with E-state index in [9.17, 15) is 13.2 Å². The molecule has 1 saturated heterocycles. The molecule has 118 valence electrons. The molecule has 2 rings (SSSR count). The summed E-state index contributed by atoms with van der Waals surface area (Å²) < 4.78 is 40.2. The number of halogens is 3. The Labute approximate surface area is 123 Å². The van der Waals surface area contributed by atoms with Crippen LogP contribution in [0.3, 0.4) is 0 Å². The van der Waals surface area contributed by atoms with Gasteiger partial charge >= 0.3 is 6.36 Å². The van der Waals surface area contributed by atoms with E-state index in [0.29, 0.717) is 6.04 Å². The first-order valence-corrected chi connectivity index (χ1v) is 7.14. The van der Waals surface area contributed by atoms with Crippen molar-refractivity contribution in [2.75, 3.05) is 20.1 Å². The summed E-state index contributed by atoms with van der Waals surface area (Å²) in [7, 11) is 2.11. The summed E-state index contributed by atoms with van der Waals surface area (Å²) in [6.45, 7) is 4.17. The zero-order valence-corrected chi connectivity index (χ0v) is 12.3. The Morgan fingerprint density at radius 2 is 1.76 bits per heavy atom. The Morgan fingerprint density at radius 3 is 2.29 bits per heavy atom. The largest absolute Gasteiger partial charge is 0.573 e. The van der Waals surface area contributed by atoms with Crippen LogP contribution in [0.2, 0.25) is 0 Å². The van der Waals surface area contributed by atoms with Crippen molar-refractivity contribution in [1.82, 2.24) is 10.2 Å². The predicted octanol–water partition coefficient (Wildman–Crippen LogP) is 3.33. The van der Waals surface area contributed by atoms with Gasteiger partial charge in [-0.25, -0.2) is 0 Å². The maximum atomic E-state index is 12.1. The van der Waals surface area contributed by atoms with Crippen molar-refractivity contribution < 1.29 is 17.9 Å². The molecule has 3 nitrogen and oxygen atoms in total. The number of nitrogens with one attached hydrogen (secondary N) is 1. The fourth-order valence-corrected chi connectivity index (χ4v) is 2.58. The van der Waals surface area contributed by atoms with Gasteiger partial charge in [-0.05, 0) is 57.6 Å². The molecule has 1 aliphatic rings. The first kappa shape index (κ1) is 16.1. The molecule has 21 heavy (non-hydrogen) atoms. The summed E-state index contributed by atoms with van der Waals surface area (Å²) in [5.41, 5.74) is 0.962. The van der Waals surface area contributed by atoms with Crippen LogP contribution in [0.5, 0.6) is 5.75 Å². The van der Waals surface area contributed by atoms with Gasteiger partial charge in [0.25, 0.3) is 0 Å². The van der Waals surface area contributed by atoms with Gasteiger partial charge in [0.15, 0.2) is 0 Å². The molecule has 1 N–H and O–H groups in total. The van der Waals surface area contributed by atoms with Crippen molar-refractivity contribution >= 4 is 0 Å². The minimum Gasteiger partial charge on any atom is -0.406 e. The number of piperidine rings is 1. The zero-order chi connectivity index (χ0) is 15.5. The number of nitrogens with zero attached hydrogens (tertiary/aromatic N) is 1. The highest BCUT2D eigenvalue weighted by Crippen LogP contribution is 2.25. The molecule has 6 heteroatoms. The SMILES string of the molecule is CC(NC1CCN(C)CC1)c1ccc(OC(F)(F)F)cc1. The number of hydrogen-bond donors (Lipinski definition) is 1. The second-order valence-electron chi connectivity index (χ2n) is 5.58. The Morgan fingerprint density at radius 1 is 1.19 bits per heavy atom. The molecule has 1 heterocycles. The van der Waals surface area contributed by atoms with Gasteiger partial charge in [0.2, 0.25) is 0 Å². The van der Waals surface area contributed by atoms with E-state index in [4.69, 9.17) is 0 Å². The molecule has 1 atom stereocenters. The molecule has 0 radical (unpaired) electrons. The highest BCUT2D eigenvalue weighted by molar-refractivity contribution is 5.29. The van der Waals surface area contributed by atoms with Gasteiger partial charge < -0.3 is 15.0 Å². The van der Waals surface area contributed by atoms with Crippen molar-refractivity contribution in [3.8, 4) is 5.75 Å². The van der Waals surface area contributed by atoms with E-state index in [2.05, 4.69) is 22.0 Å². The summed E-state index contributed by atoms with van der Waals surface area (Å²) in [4.78, 5) is 2.30. The van der Waals surface area contributed by atoms with Crippen LogP contribution in [0, 0.1) is 0 Å². The summed E-state index contributed by atoms with van der Waals surface area (Å²) in [5, 5.41) is 3.53. The highest BCUT2D eigenvalue weighted by Gasteiger charge is 2.31. The molecule has 0 amide bonds. The van der Waals surface area contributed by atoms with Crippen molar-refractivity contribution in [2.24, 2.45) is 0 Å². The summed E-state index contributed by atoms with van der Waals surface area (Å²) in [6.07, 6.45) is -2.45. The molecule has 1 aromatic rings. The molecular formula is C15H21F3N2O. The van der Waals surface area contributed by atoms with Crippen molar-refractivity contribution in [3.05, 3.63) is 29.8 Å². The number of hydrogen-bond acceptors (Lipinski definition) is 3. The number of alkyl halides is 3. The monoisotopic (exact) mass is 302 g/mol. The second kappa shape index (κ2) is 6.66. The van der Waals surface area contributed by atoms with E-state index < -0.39 is 6.36 Å². The van der Waals surface area contributed by atoms with Crippen molar-refractivity contribution in [1.29, 1.82) is 0 Å². The second-order valence-corrected chi connectivity index (χ2v) is 5.58. The molecule has 1 fully saturated rings. The van der Waals surface area contributed by atoms with Gasteiger partial charge in [-0.2, -0.15) is 0 Å². The van der Waals surface area contributed by atoms with Crippen LogP contribution in [0.15, 0.2) is 24.3 Å². The summed E-state index contributed by atoms with van der Waals surface area (Å²) >= 11 is 0. The number of ether oxygens (including phenoxy) is 1. The number of likely N-dealkylation sites (tertiary alicyclic amines) is 1. The van der Waals surface area contributed by atoms with Crippen LogP contribution in [-0.4, -0.2) is 37.4 Å². The average Bonchev–Trinajstić information content (AvgIpc) is 2.40. The third kappa shape index (κ3) is 5.21. The van der Waals surface area contributed by atoms with Gasteiger partial charge in [-0.1, -0.05) is 12.1 Å². The normalized spacial score (nSPS) is 19.5. The molecule has 1 unspecified atom stereocenters. The van der Waals surface area contributed by atoms with Gasteiger partial charge in [-0.15, -0.1) is 13.2 Å². The van der Waals surface area contributed by atoms with Crippen LogP contribution in [0.25, 0.3) is 0 Å². The van der Waals surface area contributed by atoms with Crippen LogP contribution in [0.1, 0.15) is 31.4 Å². The van der Waals surface area contributed by atoms with Crippen LogP contribution < -0.4 is 10.1 Å². The van der Waals surface area contributed by atoms with E-state index in [1.807, 2.05) is 6.92 Å². The predicted molar refractivity (Wildman–Crippen MR) is 75.2 cm³/mol. The van der Waals surface area contributed by atoms with Crippen molar-refractivity contribution in [2.45, 2.75) is 38.2 Å². The first-order chi connectivity index (χ1) is 9.83. The molecule has 1 aliphatic heterocycles. The minimum atomic E-state index is -4.64. The van der Waals surface area contributed by atoms with Crippen LogP contribution in [-0.2, 0) is 0 Å². The standard InChI is InChI=1S/C15H21F3N2O/c1-11(19-13-7-9-20(2)10-8-13)12-3-5-14(6-4-12)21-15(16,17)18/h3-6,11,13,19H,7-10H2,1-2H3. The lowest BCUT2D eigenvalue weighted by molar-refractivity contribution is -0.274. The lowest BCUT2D eigenvalue weighted by atomic mass is 10.0. The third-order valence-electron chi connectivity index (χ3n) is 3.82. The van der Waals surface area contributed by atoms with E-state index in [1.54, 1.807) is 12.1 Å². The summed E-state index contributed by atoms with van der Waals surface area (Å²) in [6, 6.07) is 6.63. The molecule has 0 aromatic heterocycles. The number of rotatable bonds is 4. The van der Waals surface area contributed by atoms with E-state index >= 15 is 0 Å². The molecular weight excluding hydrogens is 281 g/mol. The van der Waals surface area contributed by atoms with Gasteiger partial charge in [-0.3, -0.25) is 0 Å². The van der Waals surface area contributed by atoms with Gasteiger partial charge in [0.05, 0.1) is 0 Å². The van der Waals surface area contributed by atoms with Gasteiger partial charge in [0.1, 0.15) is 5.75 Å². The summed E-state index contributed by atoms with van der Waals surface area (Å²) in [5.74, 6) is -0.183.